The Labute approximate surface area is 190 Å². The summed E-state index contributed by atoms with van der Waals surface area (Å²) < 4.78 is 14.5. The monoisotopic (exact) mass is 437 g/mol. The van der Waals surface area contributed by atoms with Crippen molar-refractivity contribution >= 4 is 22.7 Å². The first-order valence-corrected chi connectivity index (χ1v) is 11.5. The second-order valence-corrected chi connectivity index (χ2v) is 8.37. The maximum absolute atomic E-state index is 14.5. The molecule has 0 aliphatic rings. The average Bonchev–Trinajstić information content (AvgIpc) is 2.85. The zero-order valence-corrected chi connectivity index (χ0v) is 18.3. The third-order valence-electron chi connectivity index (χ3n) is 5.40. The van der Waals surface area contributed by atoms with Crippen molar-refractivity contribution in [1.82, 2.24) is 15.0 Å². The molecule has 0 atom stereocenters. The number of thioether (sulfide) groups is 1. The number of nitrogens with zero attached hydrogens (tertiary/aromatic N) is 3. The number of hydrogen-bond acceptors (Lipinski definition) is 4. The fraction of sp³-hybridized carbons (Fsp3) is 0.0741. The van der Waals surface area contributed by atoms with Crippen LogP contribution in [-0.2, 0) is 6.42 Å². The van der Waals surface area contributed by atoms with Crippen molar-refractivity contribution in [3.8, 4) is 22.6 Å². The van der Waals surface area contributed by atoms with Crippen LogP contribution in [-0.4, -0.2) is 21.2 Å². The SMILES string of the molecule is CSc1ccc(Cc2ccc3nc(-c4ccccc4F)nc(-c4ccncc4)c3c2)cc1. The van der Waals surface area contributed by atoms with Crippen LogP contribution in [0.25, 0.3) is 33.5 Å². The van der Waals surface area contributed by atoms with Crippen LogP contribution in [0.15, 0.2) is 96.2 Å². The van der Waals surface area contributed by atoms with E-state index in [0.717, 1.165) is 28.6 Å². The molecule has 0 N–H and O–H groups in total. The van der Waals surface area contributed by atoms with Gasteiger partial charge in [0.25, 0.3) is 0 Å². The molecule has 0 aliphatic heterocycles. The quantitative estimate of drug-likeness (QED) is 0.283. The van der Waals surface area contributed by atoms with Gasteiger partial charge in [-0.2, -0.15) is 0 Å². The number of aromatic nitrogens is 3. The van der Waals surface area contributed by atoms with Gasteiger partial charge in [-0.1, -0.05) is 30.3 Å². The van der Waals surface area contributed by atoms with Crippen LogP contribution < -0.4 is 0 Å². The van der Waals surface area contributed by atoms with Gasteiger partial charge in [-0.3, -0.25) is 4.98 Å². The number of pyridine rings is 1. The summed E-state index contributed by atoms with van der Waals surface area (Å²) in [5, 5.41) is 0.939. The summed E-state index contributed by atoms with van der Waals surface area (Å²) in [6.07, 6.45) is 6.37. The molecule has 156 valence electrons. The summed E-state index contributed by atoms with van der Waals surface area (Å²) in [6.45, 7) is 0. The summed E-state index contributed by atoms with van der Waals surface area (Å²) in [5.74, 6) is 0.0423. The number of rotatable bonds is 5. The minimum atomic E-state index is -0.335. The molecule has 32 heavy (non-hydrogen) atoms. The Bertz CT molecular complexity index is 1390. The predicted molar refractivity (Wildman–Crippen MR) is 129 cm³/mol. The van der Waals surface area contributed by atoms with E-state index < -0.39 is 0 Å². The Morgan fingerprint density at radius 1 is 0.812 bits per heavy atom. The molecule has 0 unspecified atom stereocenters. The molecular weight excluding hydrogens is 417 g/mol. The molecular formula is C27H20FN3S. The van der Waals surface area contributed by atoms with Crippen molar-refractivity contribution in [3.05, 3.63) is 108 Å². The Morgan fingerprint density at radius 3 is 2.31 bits per heavy atom. The lowest BCUT2D eigenvalue weighted by molar-refractivity contribution is 0.630. The molecule has 0 saturated heterocycles. The lowest BCUT2D eigenvalue weighted by Crippen LogP contribution is -1.98. The number of halogens is 1. The third-order valence-corrected chi connectivity index (χ3v) is 6.14. The lowest BCUT2D eigenvalue weighted by Gasteiger charge is -2.11. The van der Waals surface area contributed by atoms with Crippen molar-refractivity contribution in [1.29, 1.82) is 0 Å². The molecule has 3 aromatic carbocycles. The Kier molecular flexibility index (Phi) is 5.65. The molecule has 2 heterocycles. The van der Waals surface area contributed by atoms with Gasteiger partial charge in [-0.05, 0) is 72.3 Å². The van der Waals surface area contributed by atoms with E-state index in [4.69, 9.17) is 9.97 Å². The van der Waals surface area contributed by atoms with E-state index in [9.17, 15) is 4.39 Å². The first-order chi connectivity index (χ1) is 15.7. The molecule has 5 heteroatoms. The largest absolute Gasteiger partial charge is 0.265 e. The lowest BCUT2D eigenvalue weighted by atomic mass is 10.0. The van der Waals surface area contributed by atoms with Crippen LogP contribution >= 0.6 is 11.8 Å². The summed E-state index contributed by atoms with van der Waals surface area (Å²) in [5.41, 5.74) is 5.29. The van der Waals surface area contributed by atoms with Crippen molar-refractivity contribution < 1.29 is 4.39 Å². The first kappa shape index (κ1) is 20.3. The van der Waals surface area contributed by atoms with E-state index in [2.05, 4.69) is 47.6 Å². The Morgan fingerprint density at radius 2 is 1.56 bits per heavy atom. The van der Waals surface area contributed by atoms with E-state index >= 15 is 0 Å². The van der Waals surface area contributed by atoms with Crippen molar-refractivity contribution in [2.75, 3.05) is 6.26 Å². The second-order valence-electron chi connectivity index (χ2n) is 7.49. The Balaban J connectivity index is 1.64. The zero-order valence-electron chi connectivity index (χ0n) is 17.5. The van der Waals surface area contributed by atoms with Gasteiger partial charge in [0.2, 0.25) is 0 Å². The van der Waals surface area contributed by atoms with Crippen LogP contribution in [0.5, 0.6) is 0 Å². The first-order valence-electron chi connectivity index (χ1n) is 10.3. The summed E-state index contributed by atoms with van der Waals surface area (Å²) in [4.78, 5) is 14.9. The predicted octanol–water partition coefficient (Wildman–Crippen LogP) is 6.81. The average molecular weight is 438 g/mol. The van der Waals surface area contributed by atoms with Gasteiger partial charge in [0.1, 0.15) is 5.82 Å². The molecule has 0 amide bonds. The molecule has 5 rings (SSSR count). The third kappa shape index (κ3) is 4.12. The van der Waals surface area contributed by atoms with Crippen molar-refractivity contribution in [2.24, 2.45) is 0 Å². The van der Waals surface area contributed by atoms with Gasteiger partial charge >= 0.3 is 0 Å². The summed E-state index contributed by atoms with van der Waals surface area (Å²) in [7, 11) is 0. The van der Waals surface area contributed by atoms with Crippen LogP contribution in [0.4, 0.5) is 4.39 Å². The maximum atomic E-state index is 14.5. The van der Waals surface area contributed by atoms with Crippen LogP contribution in [0, 0.1) is 5.82 Å². The van der Waals surface area contributed by atoms with Crippen molar-refractivity contribution in [2.45, 2.75) is 11.3 Å². The number of fused-ring (bicyclic) bond motifs is 1. The minimum Gasteiger partial charge on any atom is -0.265 e. The maximum Gasteiger partial charge on any atom is 0.163 e. The van der Waals surface area contributed by atoms with E-state index in [0.29, 0.717) is 11.4 Å². The Hall–Kier alpha value is -3.57. The molecule has 0 saturated carbocycles. The van der Waals surface area contributed by atoms with Gasteiger partial charge in [-0.25, -0.2) is 14.4 Å². The van der Waals surface area contributed by atoms with E-state index in [-0.39, 0.29) is 5.82 Å². The van der Waals surface area contributed by atoms with Crippen molar-refractivity contribution in [3.63, 3.8) is 0 Å². The highest BCUT2D eigenvalue weighted by molar-refractivity contribution is 7.98. The molecule has 2 aromatic heterocycles. The number of hydrogen-bond donors (Lipinski definition) is 0. The molecule has 3 nitrogen and oxygen atoms in total. The van der Waals surface area contributed by atoms with E-state index in [1.807, 2.05) is 18.2 Å². The fourth-order valence-corrected chi connectivity index (χ4v) is 4.17. The van der Waals surface area contributed by atoms with Gasteiger partial charge in [-0.15, -0.1) is 11.8 Å². The van der Waals surface area contributed by atoms with Crippen LogP contribution in [0.1, 0.15) is 11.1 Å². The highest BCUT2D eigenvalue weighted by Crippen LogP contribution is 2.31. The van der Waals surface area contributed by atoms with E-state index in [1.54, 1.807) is 42.4 Å². The zero-order chi connectivity index (χ0) is 21.9. The highest BCUT2D eigenvalue weighted by atomic mass is 32.2. The van der Waals surface area contributed by atoms with E-state index in [1.165, 1.54) is 22.1 Å². The normalized spacial score (nSPS) is 11.1. The molecule has 0 radical (unpaired) electrons. The molecule has 5 aromatic rings. The van der Waals surface area contributed by atoms with Gasteiger partial charge in [0.15, 0.2) is 5.82 Å². The van der Waals surface area contributed by atoms with Gasteiger partial charge in [0, 0.05) is 28.2 Å². The van der Waals surface area contributed by atoms with Crippen LogP contribution in [0.3, 0.4) is 0 Å². The molecule has 0 fully saturated rings. The second kappa shape index (κ2) is 8.89. The minimum absolute atomic E-state index is 0.335. The standard InChI is InChI=1S/C27H20FN3S/c1-32-21-9-6-18(7-10-21)16-19-8-11-25-23(17-19)26(20-12-14-29-15-13-20)31-27(30-25)22-4-2-3-5-24(22)28/h2-15,17H,16H2,1H3. The van der Waals surface area contributed by atoms with Crippen LogP contribution in [0.2, 0.25) is 0 Å². The summed E-state index contributed by atoms with van der Waals surface area (Å²) in [6, 6.07) is 25.3. The number of benzene rings is 3. The fourth-order valence-electron chi connectivity index (χ4n) is 3.76. The summed E-state index contributed by atoms with van der Waals surface area (Å²) >= 11 is 1.74. The molecule has 0 aliphatic carbocycles. The van der Waals surface area contributed by atoms with Gasteiger partial charge < -0.3 is 0 Å². The molecule has 0 bridgehead atoms. The molecule has 0 spiro atoms. The smallest absolute Gasteiger partial charge is 0.163 e. The van der Waals surface area contributed by atoms with Gasteiger partial charge in [0.05, 0.1) is 16.8 Å². The topological polar surface area (TPSA) is 38.7 Å². The highest BCUT2D eigenvalue weighted by Gasteiger charge is 2.14.